The van der Waals surface area contributed by atoms with Gasteiger partial charge in [-0.25, -0.2) is 4.98 Å². The van der Waals surface area contributed by atoms with Crippen molar-refractivity contribution in [1.82, 2.24) is 15.2 Å². The van der Waals surface area contributed by atoms with Crippen molar-refractivity contribution >= 4 is 22.2 Å². The smallest absolute Gasteiger partial charge is 0.145 e. The standard InChI is InChI=1S/C17H10N4S/c18-9-11-5-7-12(8-6-11)15-10-22-17(19-15)16-13-3-1-2-4-14(13)20-21-16/h1-8,10H,(H,20,21). The van der Waals surface area contributed by atoms with Gasteiger partial charge in [0.05, 0.1) is 22.8 Å². The highest BCUT2D eigenvalue weighted by Gasteiger charge is 2.12. The second kappa shape index (κ2) is 5.10. The lowest BCUT2D eigenvalue weighted by molar-refractivity contribution is 1.12. The fraction of sp³-hybridized carbons (Fsp3) is 0. The molecule has 2 heterocycles. The maximum absolute atomic E-state index is 8.85. The summed E-state index contributed by atoms with van der Waals surface area (Å²) in [5, 5.41) is 20.2. The van der Waals surface area contributed by atoms with Gasteiger partial charge in [0.2, 0.25) is 0 Å². The van der Waals surface area contributed by atoms with Crippen LogP contribution in [0.2, 0.25) is 0 Å². The lowest BCUT2D eigenvalue weighted by Crippen LogP contribution is -1.81. The molecule has 0 unspecified atom stereocenters. The molecular weight excluding hydrogens is 292 g/mol. The van der Waals surface area contributed by atoms with E-state index in [-0.39, 0.29) is 0 Å². The summed E-state index contributed by atoms with van der Waals surface area (Å²) in [6, 6.07) is 17.6. The molecular formula is C17H10N4S. The highest BCUT2D eigenvalue weighted by Crippen LogP contribution is 2.31. The Hall–Kier alpha value is -2.97. The first-order chi connectivity index (χ1) is 10.8. The first kappa shape index (κ1) is 12.7. The van der Waals surface area contributed by atoms with Crippen LogP contribution in [-0.4, -0.2) is 15.2 Å². The summed E-state index contributed by atoms with van der Waals surface area (Å²) in [5.41, 5.74) is 4.43. The minimum absolute atomic E-state index is 0.650. The van der Waals surface area contributed by atoms with E-state index < -0.39 is 0 Å². The van der Waals surface area contributed by atoms with E-state index in [0.717, 1.165) is 32.9 Å². The van der Waals surface area contributed by atoms with Gasteiger partial charge in [0.15, 0.2) is 0 Å². The lowest BCUT2D eigenvalue weighted by atomic mass is 10.1. The summed E-state index contributed by atoms with van der Waals surface area (Å²) in [7, 11) is 0. The van der Waals surface area contributed by atoms with Crippen molar-refractivity contribution in [2.45, 2.75) is 0 Å². The number of nitriles is 1. The number of hydrogen-bond acceptors (Lipinski definition) is 4. The van der Waals surface area contributed by atoms with Crippen LogP contribution in [0.5, 0.6) is 0 Å². The Morgan fingerprint density at radius 1 is 1.05 bits per heavy atom. The van der Waals surface area contributed by atoms with E-state index >= 15 is 0 Å². The molecule has 2 aromatic carbocycles. The molecule has 2 aromatic heterocycles. The predicted octanol–water partition coefficient (Wildman–Crippen LogP) is 4.23. The van der Waals surface area contributed by atoms with Crippen molar-refractivity contribution in [2.24, 2.45) is 0 Å². The average molecular weight is 302 g/mol. The molecule has 0 aliphatic rings. The van der Waals surface area contributed by atoms with Gasteiger partial charge in [-0.2, -0.15) is 10.4 Å². The number of thiazole rings is 1. The third kappa shape index (κ3) is 2.07. The molecule has 4 nitrogen and oxygen atoms in total. The first-order valence-electron chi connectivity index (χ1n) is 6.75. The van der Waals surface area contributed by atoms with Crippen LogP contribution >= 0.6 is 11.3 Å². The van der Waals surface area contributed by atoms with Crippen LogP contribution in [0.4, 0.5) is 0 Å². The van der Waals surface area contributed by atoms with Gasteiger partial charge >= 0.3 is 0 Å². The minimum atomic E-state index is 0.650. The van der Waals surface area contributed by atoms with Crippen LogP contribution in [0.25, 0.3) is 32.9 Å². The second-order valence-electron chi connectivity index (χ2n) is 4.84. The summed E-state index contributed by atoms with van der Waals surface area (Å²) in [4.78, 5) is 4.68. The fourth-order valence-corrected chi connectivity index (χ4v) is 3.19. The number of nitrogens with one attached hydrogen (secondary N) is 1. The molecule has 0 spiro atoms. The zero-order chi connectivity index (χ0) is 14.9. The van der Waals surface area contributed by atoms with Crippen molar-refractivity contribution in [2.75, 3.05) is 0 Å². The monoisotopic (exact) mass is 302 g/mol. The first-order valence-corrected chi connectivity index (χ1v) is 7.62. The minimum Gasteiger partial charge on any atom is -0.277 e. The molecule has 104 valence electrons. The normalized spacial score (nSPS) is 10.7. The Labute approximate surface area is 130 Å². The number of H-pyrrole nitrogens is 1. The van der Waals surface area contributed by atoms with Gasteiger partial charge in [-0.15, -0.1) is 11.3 Å². The molecule has 0 saturated heterocycles. The van der Waals surface area contributed by atoms with E-state index in [9.17, 15) is 0 Å². The molecule has 5 heteroatoms. The molecule has 0 radical (unpaired) electrons. The molecule has 4 rings (SSSR count). The largest absolute Gasteiger partial charge is 0.277 e. The van der Waals surface area contributed by atoms with Gasteiger partial charge < -0.3 is 0 Å². The van der Waals surface area contributed by atoms with E-state index in [1.807, 2.05) is 41.8 Å². The van der Waals surface area contributed by atoms with Crippen molar-refractivity contribution in [3.05, 3.63) is 59.5 Å². The van der Waals surface area contributed by atoms with E-state index in [4.69, 9.17) is 5.26 Å². The van der Waals surface area contributed by atoms with Crippen molar-refractivity contribution in [3.63, 3.8) is 0 Å². The third-order valence-electron chi connectivity index (χ3n) is 3.49. The van der Waals surface area contributed by atoms with Gasteiger partial charge in [0.25, 0.3) is 0 Å². The van der Waals surface area contributed by atoms with E-state index in [0.29, 0.717) is 5.56 Å². The highest BCUT2D eigenvalue weighted by molar-refractivity contribution is 7.13. The number of rotatable bonds is 2. The van der Waals surface area contributed by atoms with Crippen molar-refractivity contribution in [1.29, 1.82) is 5.26 Å². The van der Waals surface area contributed by atoms with Crippen LogP contribution in [0.1, 0.15) is 5.56 Å². The number of para-hydroxylation sites is 1. The zero-order valence-electron chi connectivity index (χ0n) is 11.4. The van der Waals surface area contributed by atoms with Gasteiger partial charge in [0, 0.05) is 16.3 Å². The van der Waals surface area contributed by atoms with Crippen LogP contribution in [0.3, 0.4) is 0 Å². The Morgan fingerprint density at radius 2 is 1.86 bits per heavy atom. The van der Waals surface area contributed by atoms with E-state index in [2.05, 4.69) is 21.3 Å². The van der Waals surface area contributed by atoms with Gasteiger partial charge in [-0.3, -0.25) is 5.10 Å². The molecule has 4 aromatic rings. The maximum Gasteiger partial charge on any atom is 0.145 e. The number of nitrogens with zero attached hydrogens (tertiary/aromatic N) is 3. The highest BCUT2D eigenvalue weighted by atomic mass is 32.1. The molecule has 0 aliphatic heterocycles. The van der Waals surface area contributed by atoms with Crippen LogP contribution in [-0.2, 0) is 0 Å². The third-order valence-corrected chi connectivity index (χ3v) is 4.34. The SMILES string of the molecule is N#Cc1ccc(-c2csc(-c3n[nH]c4ccccc34)n2)cc1. The quantitative estimate of drug-likeness (QED) is 0.602. The van der Waals surface area contributed by atoms with Crippen LogP contribution in [0, 0.1) is 11.3 Å². The molecule has 0 fully saturated rings. The Bertz CT molecular complexity index is 989. The molecule has 1 N–H and O–H groups in total. The van der Waals surface area contributed by atoms with Gasteiger partial charge in [-0.05, 0) is 18.2 Å². The molecule has 0 saturated carbocycles. The van der Waals surface area contributed by atoms with Gasteiger partial charge in [-0.1, -0.05) is 30.3 Å². The predicted molar refractivity (Wildman–Crippen MR) is 87.4 cm³/mol. The molecule has 0 aliphatic carbocycles. The molecule has 0 bridgehead atoms. The summed E-state index contributed by atoms with van der Waals surface area (Å²) < 4.78 is 0. The van der Waals surface area contributed by atoms with E-state index in [1.165, 1.54) is 0 Å². The number of aromatic nitrogens is 3. The summed E-state index contributed by atoms with van der Waals surface area (Å²) in [6.07, 6.45) is 0. The number of benzene rings is 2. The molecule has 0 amide bonds. The molecule has 22 heavy (non-hydrogen) atoms. The van der Waals surface area contributed by atoms with Crippen LogP contribution < -0.4 is 0 Å². The fourth-order valence-electron chi connectivity index (χ4n) is 2.36. The van der Waals surface area contributed by atoms with Crippen molar-refractivity contribution < 1.29 is 0 Å². The van der Waals surface area contributed by atoms with Crippen LogP contribution in [0.15, 0.2) is 53.9 Å². The number of aromatic amines is 1. The Kier molecular flexibility index (Phi) is 2.95. The zero-order valence-corrected chi connectivity index (χ0v) is 12.3. The van der Waals surface area contributed by atoms with E-state index in [1.54, 1.807) is 23.5 Å². The lowest BCUT2D eigenvalue weighted by Gasteiger charge is -1.96. The summed E-state index contributed by atoms with van der Waals surface area (Å²) in [5.74, 6) is 0. The Morgan fingerprint density at radius 3 is 2.68 bits per heavy atom. The van der Waals surface area contributed by atoms with Gasteiger partial charge in [0.1, 0.15) is 10.7 Å². The summed E-state index contributed by atoms with van der Waals surface area (Å²) >= 11 is 1.57. The average Bonchev–Trinajstić information content (AvgIpc) is 3.21. The Balaban J connectivity index is 1.76. The van der Waals surface area contributed by atoms with Crippen molar-refractivity contribution in [3.8, 4) is 28.0 Å². The number of hydrogen-bond donors (Lipinski definition) is 1. The topological polar surface area (TPSA) is 65.4 Å². The maximum atomic E-state index is 8.85. The number of fused-ring (bicyclic) bond motifs is 1. The second-order valence-corrected chi connectivity index (χ2v) is 5.70. The summed E-state index contributed by atoms with van der Waals surface area (Å²) in [6.45, 7) is 0. The molecule has 0 atom stereocenters.